The Morgan fingerprint density at radius 3 is 3.00 bits per heavy atom. The normalized spacial score (nSPS) is 23.2. The molecule has 0 saturated carbocycles. The lowest BCUT2D eigenvalue weighted by Gasteiger charge is -2.17. The highest BCUT2D eigenvalue weighted by Crippen LogP contribution is 2.11. The Kier molecular flexibility index (Phi) is 8.54. The summed E-state index contributed by atoms with van der Waals surface area (Å²) in [7, 11) is 0. The molecule has 0 bridgehead atoms. The zero-order valence-electron chi connectivity index (χ0n) is 11.3. The predicted molar refractivity (Wildman–Crippen MR) is 69.6 cm³/mol. The standard InChI is InChI=1S/C13H27NO4/c1-11(4-2-6-15)14-8-12(16)9-17-10-13-5-3-7-18-13/h11-16H,2-10H2,1H3. The maximum atomic E-state index is 9.72. The van der Waals surface area contributed by atoms with Gasteiger partial charge in [-0.3, -0.25) is 0 Å². The van der Waals surface area contributed by atoms with Crippen LogP contribution in [0, 0.1) is 0 Å². The van der Waals surface area contributed by atoms with E-state index in [9.17, 15) is 5.11 Å². The van der Waals surface area contributed by atoms with Crippen LogP contribution in [0.2, 0.25) is 0 Å². The van der Waals surface area contributed by atoms with Crippen LogP contribution in [0.15, 0.2) is 0 Å². The molecule has 5 heteroatoms. The van der Waals surface area contributed by atoms with E-state index in [1.54, 1.807) is 0 Å². The average molecular weight is 261 g/mol. The molecule has 1 rings (SSSR count). The first-order valence-electron chi connectivity index (χ1n) is 6.94. The van der Waals surface area contributed by atoms with Gasteiger partial charge in [0.15, 0.2) is 0 Å². The molecule has 0 radical (unpaired) electrons. The summed E-state index contributed by atoms with van der Waals surface area (Å²) in [5.74, 6) is 0. The van der Waals surface area contributed by atoms with Crippen molar-refractivity contribution in [2.75, 3.05) is 33.0 Å². The van der Waals surface area contributed by atoms with Crippen molar-refractivity contribution < 1.29 is 19.7 Å². The highest BCUT2D eigenvalue weighted by atomic mass is 16.5. The second kappa shape index (κ2) is 9.69. The van der Waals surface area contributed by atoms with E-state index in [0.717, 1.165) is 32.3 Å². The van der Waals surface area contributed by atoms with Gasteiger partial charge in [0, 0.05) is 25.8 Å². The molecule has 1 aliphatic rings. The zero-order chi connectivity index (χ0) is 13.2. The first-order valence-corrected chi connectivity index (χ1v) is 6.94. The van der Waals surface area contributed by atoms with E-state index in [4.69, 9.17) is 14.6 Å². The minimum absolute atomic E-state index is 0.216. The second-order valence-corrected chi connectivity index (χ2v) is 5.00. The SMILES string of the molecule is CC(CCCO)NCC(O)COCC1CCCO1. The quantitative estimate of drug-likeness (QED) is 0.527. The van der Waals surface area contributed by atoms with Gasteiger partial charge in [-0.05, 0) is 32.6 Å². The van der Waals surface area contributed by atoms with Crippen molar-refractivity contribution in [3.8, 4) is 0 Å². The Bertz CT molecular complexity index is 197. The molecule has 3 atom stereocenters. The lowest BCUT2D eigenvalue weighted by Crippen LogP contribution is -2.36. The van der Waals surface area contributed by atoms with E-state index < -0.39 is 6.10 Å². The molecule has 0 aromatic rings. The number of aliphatic hydroxyl groups excluding tert-OH is 2. The second-order valence-electron chi connectivity index (χ2n) is 5.00. The largest absolute Gasteiger partial charge is 0.396 e. The minimum atomic E-state index is -0.483. The van der Waals surface area contributed by atoms with Gasteiger partial charge in [0.1, 0.15) is 0 Å². The molecule has 5 nitrogen and oxygen atoms in total. The summed E-state index contributed by atoms with van der Waals surface area (Å²) in [6.07, 6.45) is 3.61. The lowest BCUT2D eigenvalue weighted by molar-refractivity contribution is -0.0169. The number of hydrogen-bond donors (Lipinski definition) is 3. The summed E-state index contributed by atoms with van der Waals surface area (Å²) in [6, 6.07) is 0.310. The molecular weight excluding hydrogens is 234 g/mol. The van der Waals surface area contributed by atoms with E-state index in [2.05, 4.69) is 12.2 Å². The van der Waals surface area contributed by atoms with Crippen LogP contribution in [0.3, 0.4) is 0 Å². The van der Waals surface area contributed by atoms with Crippen molar-refractivity contribution in [3.05, 3.63) is 0 Å². The van der Waals surface area contributed by atoms with Gasteiger partial charge in [0.25, 0.3) is 0 Å². The molecule has 3 unspecified atom stereocenters. The molecule has 108 valence electrons. The number of rotatable bonds is 10. The molecule has 0 amide bonds. The molecule has 3 N–H and O–H groups in total. The van der Waals surface area contributed by atoms with Crippen molar-refractivity contribution in [2.24, 2.45) is 0 Å². The fraction of sp³-hybridized carbons (Fsp3) is 1.00. The molecule has 0 aromatic heterocycles. The Labute approximate surface area is 109 Å². The van der Waals surface area contributed by atoms with Gasteiger partial charge in [-0.15, -0.1) is 0 Å². The van der Waals surface area contributed by atoms with Crippen LogP contribution in [-0.4, -0.2) is 61.4 Å². The van der Waals surface area contributed by atoms with Crippen molar-refractivity contribution in [1.29, 1.82) is 0 Å². The topological polar surface area (TPSA) is 71.0 Å². The van der Waals surface area contributed by atoms with E-state index in [1.807, 2.05) is 0 Å². The van der Waals surface area contributed by atoms with E-state index in [0.29, 0.717) is 25.8 Å². The van der Waals surface area contributed by atoms with Crippen LogP contribution in [-0.2, 0) is 9.47 Å². The average Bonchev–Trinajstić information content (AvgIpc) is 2.87. The first-order chi connectivity index (χ1) is 8.72. The van der Waals surface area contributed by atoms with Crippen LogP contribution in [0.4, 0.5) is 0 Å². The van der Waals surface area contributed by atoms with Gasteiger partial charge < -0.3 is 25.0 Å². The summed E-state index contributed by atoms with van der Waals surface area (Å²) in [5, 5.41) is 21.6. The third-order valence-corrected chi connectivity index (χ3v) is 3.14. The molecule has 1 saturated heterocycles. The molecule has 1 heterocycles. The summed E-state index contributed by atoms with van der Waals surface area (Å²) in [6.45, 7) is 4.56. The Morgan fingerprint density at radius 2 is 2.33 bits per heavy atom. The fourth-order valence-electron chi connectivity index (χ4n) is 2.01. The molecule has 0 aromatic carbocycles. The van der Waals surface area contributed by atoms with Gasteiger partial charge in [0.05, 0.1) is 25.4 Å². The number of nitrogens with one attached hydrogen (secondary N) is 1. The lowest BCUT2D eigenvalue weighted by atomic mass is 10.2. The van der Waals surface area contributed by atoms with Crippen molar-refractivity contribution in [3.63, 3.8) is 0 Å². The van der Waals surface area contributed by atoms with Gasteiger partial charge in [0.2, 0.25) is 0 Å². The van der Waals surface area contributed by atoms with Gasteiger partial charge >= 0.3 is 0 Å². The Hall–Kier alpha value is -0.200. The van der Waals surface area contributed by atoms with Gasteiger partial charge in [-0.25, -0.2) is 0 Å². The van der Waals surface area contributed by atoms with E-state index in [-0.39, 0.29) is 12.7 Å². The van der Waals surface area contributed by atoms with Crippen LogP contribution in [0.1, 0.15) is 32.6 Å². The molecule has 0 aliphatic carbocycles. The Morgan fingerprint density at radius 1 is 1.50 bits per heavy atom. The summed E-state index contributed by atoms with van der Waals surface area (Å²) in [5.41, 5.74) is 0. The van der Waals surface area contributed by atoms with Crippen molar-refractivity contribution in [2.45, 2.75) is 50.9 Å². The summed E-state index contributed by atoms with van der Waals surface area (Å²) < 4.78 is 10.9. The molecule has 1 fully saturated rings. The maximum absolute atomic E-state index is 9.72. The predicted octanol–water partition coefficient (Wildman–Crippen LogP) is 0.294. The number of ether oxygens (including phenoxy) is 2. The molecule has 0 spiro atoms. The minimum Gasteiger partial charge on any atom is -0.396 e. The zero-order valence-corrected chi connectivity index (χ0v) is 11.3. The maximum Gasteiger partial charge on any atom is 0.0897 e. The van der Waals surface area contributed by atoms with Crippen LogP contribution in [0.25, 0.3) is 0 Å². The van der Waals surface area contributed by atoms with Gasteiger partial charge in [-0.2, -0.15) is 0 Å². The first kappa shape index (κ1) is 15.9. The number of hydrogen-bond acceptors (Lipinski definition) is 5. The third kappa shape index (κ3) is 7.28. The van der Waals surface area contributed by atoms with Crippen LogP contribution >= 0.6 is 0 Å². The van der Waals surface area contributed by atoms with Crippen LogP contribution in [0.5, 0.6) is 0 Å². The van der Waals surface area contributed by atoms with Crippen LogP contribution < -0.4 is 5.32 Å². The smallest absolute Gasteiger partial charge is 0.0897 e. The summed E-state index contributed by atoms with van der Waals surface area (Å²) >= 11 is 0. The highest BCUT2D eigenvalue weighted by molar-refractivity contribution is 4.67. The molecular formula is C13H27NO4. The monoisotopic (exact) mass is 261 g/mol. The Balaban J connectivity index is 1.94. The molecule has 18 heavy (non-hydrogen) atoms. The van der Waals surface area contributed by atoms with Gasteiger partial charge in [-0.1, -0.05) is 0 Å². The fourth-order valence-corrected chi connectivity index (χ4v) is 2.01. The number of aliphatic hydroxyl groups is 2. The third-order valence-electron chi connectivity index (χ3n) is 3.14. The van der Waals surface area contributed by atoms with E-state index in [1.165, 1.54) is 0 Å². The molecule has 1 aliphatic heterocycles. The van der Waals surface area contributed by atoms with E-state index >= 15 is 0 Å². The summed E-state index contributed by atoms with van der Waals surface area (Å²) in [4.78, 5) is 0. The van der Waals surface area contributed by atoms with Crippen molar-refractivity contribution >= 4 is 0 Å². The van der Waals surface area contributed by atoms with Crippen molar-refractivity contribution in [1.82, 2.24) is 5.32 Å². The highest BCUT2D eigenvalue weighted by Gasteiger charge is 2.16.